The van der Waals surface area contributed by atoms with Crippen molar-refractivity contribution < 1.29 is 4.79 Å². The summed E-state index contributed by atoms with van der Waals surface area (Å²) in [5.74, 6) is 0.967. The number of carbonyl (C=O) groups excluding carboxylic acids is 1. The maximum absolute atomic E-state index is 12.2. The SMILES string of the molecule is CC[C@H](C(=O)NCCc1csc(CSC)n1)n1cccn1. The molecule has 0 aliphatic heterocycles. The molecule has 0 fully saturated rings. The van der Waals surface area contributed by atoms with Gasteiger partial charge >= 0.3 is 0 Å². The van der Waals surface area contributed by atoms with E-state index in [1.165, 1.54) is 0 Å². The van der Waals surface area contributed by atoms with Crippen LogP contribution in [0.5, 0.6) is 0 Å². The highest BCUT2D eigenvalue weighted by atomic mass is 32.2. The van der Waals surface area contributed by atoms with Crippen LogP contribution >= 0.6 is 23.1 Å². The Bertz CT molecular complexity index is 553. The number of thioether (sulfide) groups is 1. The largest absolute Gasteiger partial charge is 0.354 e. The second-order valence-corrected chi connectivity index (χ2v) is 6.43. The third-order valence-corrected chi connectivity index (χ3v) is 4.72. The topological polar surface area (TPSA) is 59.8 Å². The van der Waals surface area contributed by atoms with Crippen molar-refractivity contribution in [3.05, 3.63) is 34.5 Å². The van der Waals surface area contributed by atoms with Gasteiger partial charge in [-0.3, -0.25) is 9.48 Å². The minimum Gasteiger partial charge on any atom is -0.354 e. The summed E-state index contributed by atoms with van der Waals surface area (Å²) in [5.41, 5.74) is 1.05. The Morgan fingerprint density at radius 2 is 2.43 bits per heavy atom. The summed E-state index contributed by atoms with van der Waals surface area (Å²) in [6.07, 6.45) is 7.08. The fourth-order valence-corrected chi connectivity index (χ4v) is 3.59. The average molecular weight is 324 g/mol. The van der Waals surface area contributed by atoms with E-state index in [0.29, 0.717) is 6.54 Å². The molecular formula is C14H20N4OS2. The molecule has 0 aliphatic carbocycles. The van der Waals surface area contributed by atoms with Gasteiger partial charge in [0.2, 0.25) is 5.91 Å². The fourth-order valence-electron chi connectivity index (χ4n) is 2.04. The van der Waals surface area contributed by atoms with Gasteiger partial charge in [0.1, 0.15) is 11.0 Å². The molecule has 0 aromatic carbocycles. The van der Waals surface area contributed by atoms with Crippen molar-refractivity contribution in [1.82, 2.24) is 20.1 Å². The monoisotopic (exact) mass is 324 g/mol. The van der Waals surface area contributed by atoms with E-state index >= 15 is 0 Å². The Morgan fingerprint density at radius 3 is 3.10 bits per heavy atom. The molecule has 1 atom stereocenters. The molecule has 0 unspecified atom stereocenters. The van der Waals surface area contributed by atoms with Gasteiger partial charge in [0.25, 0.3) is 0 Å². The van der Waals surface area contributed by atoms with Crippen LogP contribution in [0, 0.1) is 0 Å². The molecule has 0 saturated carbocycles. The van der Waals surface area contributed by atoms with E-state index in [1.54, 1.807) is 34.0 Å². The van der Waals surface area contributed by atoms with Gasteiger partial charge in [-0.05, 0) is 18.7 Å². The first-order chi connectivity index (χ1) is 10.2. The minimum absolute atomic E-state index is 0.0146. The van der Waals surface area contributed by atoms with Crippen LogP contribution in [0.1, 0.15) is 30.1 Å². The first-order valence-electron chi connectivity index (χ1n) is 6.93. The Labute approximate surface area is 133 Å². The summed E-state index contributed by atoms with van der Waals surface area (Å²) in [7, 11) is 0. The van der Waals surface area contributed by atoms with Gasteiger partial charge in [-0.2, -0.15) is 16.9 Å². The van der Waals surface area contributed by atoms with Crippen molar-refractivity contribution in [2.24, 2.45) is 0 Å². The molecule has 7 heteroatoms. The van der Waals surface area contributed by atoms with E-state index in [9.17, 15) is 4.79 Å². The molecule has 0 saturated heterocycles. The van der Waals surface area contributed by atoms with Crippen LogP contribution in [0.4, 0.5) is 0 Å². The van der Waals surface area contributed by atoms with Gasteiger partial charge in [0.05, 0.1) is 5.69 Å². The predicted octanol–water partition coefficient (Wildman–Crippen LogP) is 2.51. The zero-order valence-corrected chi connectivity index (χ0v) is 13.9. The summed E-state index contributed by atoms with van der Waals surface area (Å²) in [4.78, 5) is 16.7. The molecule has 21 heavy (non-hydrogen) atoms. The quantitative estimate of drug-likeness (QED) is 0.810. The van der Waals surface area contributed by atoms with Gasteiger partial charge in [-0.15, -0.1) is 11.3 Å². The van der Waals surface area contributed by atoms with Crippen molar-refractivity contribution in [2.45, 2.75) is 31.6 Å². The summed E-state index contributed by atoms with van der Waals surface area (Å²) in [5, 5.41) is 10.3. The lowest BCUT2D eigenvalue weighted by Gasteiger charge is -2.15. The maximum atomic E-state index is 12.2. The van der Waals surface area contributed by atoms with Gasteiger partial charge in [-0.25, -0.2) is 4.98 Å². The van der Waals surface area contributed by atoms with Crippen LogP contribution in [0.3, 0.4) is 0 Å². The van der Waals surface area contributed by atoms with Crippen LogP contribution < -0.4 is 5.32 Å². The van der Waals surface area contributed by atoms with Gasteiger partial charge in [0, 0.05) is 36.5 Å². The molecule has 5 nitrogen and oxygen atoms in total. The highest BCUT2D eigenvalue weighted by Crippen LogP contribution is 2.15. The molecule has 114 valence electrons. The van der Waals surface area contributed by atoms with Crippen molar-refractivity contribution in [3.8, 4) is 0 Å². The number of thiazole rings is 1. The minimum atomic E-state index is -0.234. The smallest absolute Gasteiger partial charge is 0.244 e. The Balaban J connectivity index is 1.80. The number of carbonyl (C=O) groups is 1. The van der Waals surface area contributed by atoms with E-state index in [-0.39, 0.29) is 11.9 Å². The average Bonchev–Trinajstić information content (AvgIpc) is 3.12. The zero-order chi connectivity index (χ0) is 15.1. The number of nitrogens with zero attached hydrogens (tertiary/aromatic N) is 3. The molecule has 2 aromatic heterocycles. The van der Waals surface area contributed by atoms with Crippen molar-refractivity contribution in [1.29, 1.82) is 0 Å². The molecule has 1 amide bonds. The number of hydrogen-bond acceptors (Lipinski definition) is 5. The molecule has 2 rings (SSSR count). The number of nitrogens with one attached hydrogen (secondary N) is 1. The van der Waals surface area contributed by atoms with E-state index in [1.807, 2.05) is 19.2 Å². The van der Waals surface area contributed by atoms with Gasteiger partial charge < -0.3 is 5.32 Å². The number of aromatic nitrogens is 3. The Morgan fingerprint density at radius 1 is 1.57 bits per heavy atom. The summed E-state index contributed by atoms with van der Waals surface area (Å²) >= 11 is 3.45. The second-order valence-electron chi connectivity index (χ2n) is 4.62. The zero-order valence-electron chi connectivity index (χ0n) is 12.3. The van der Waals surface area contributed by atoms with Crippen molar-refractivity contribution >= 4 is 29.0 Å². The van der Waals surface area contributed by atoms with Crippen LogP contribution in [0.15, 0.2) is 23.8 Å². The predicted molar refractivity (Wildman–Crippen MR) is 87.6 cm³/mol. The van der Waals surface area contributed by atoms with Crippen LogP contribution in [-0.2, 0) is 17.0 Å². The molecule has 2 heterocycles. The highest BCUT2D eigenvalue weighted by Gasteiger charge is 2.17. The summed E-state index contributed by atoms with van der Waals surface area (Å²) in [6, 6.07) is 1.60. The van der Waals surface area contributed by atoms with Crippen LogP contribution in [0.2, 0.25) is 0 Å². The lowest BCUT2D eigenvalue weighted by molar-refractivity contribution is -0.124. The van der Waals surface area contributed by atoms with Gasteiger partial charge in [0.15, 0.2) is 0 Å². The summed E-state index contributed by atoms with van der Waals surface area (Å²) in [6.45, 7) is 2.60. The van der Waals surface area contributed by atoms with Crippen molar-refractivity contribution in [2.75, 3.05) is 12.8 Å². The Kier molecular flexibility index (Phi) is 6.25. The standard InChI is InChI=1S/C14H20N4OS2/c1-3-12(18-8-4-6-16-18)14(19)15-7-5-11-9-21-13(17-11)10-20-2/h4,6,8-9,12H,3,5,7,10H2,1-2H3,(H,15,19)/t12-/m1/s1. The fraction of sp³-hybridized carbons (Fsp3) is 0.500. The molecule has 0 bridgehead atoms. The molecule has 0 radical (unpaired) electrons. The second kappa shape index (κ2) is 8.19. The van der Waals surface area contributed by atoms with Crippen molar-refractivity contribution in [3.63, 3.8) is 0 Å². The molecule has 2 aromatic rings. The first-order valence-corrected chi connectivity index (χ1v) is 9.21. The number of amides is 1. The van der Waals surface area contributed by atoms with E-state index in [0.717, 1.165) is 29.3 Å². The third-order valence-electron chi connectivity index (χ3n) is 3.08. The molecular weight excluding hydrogens is 304 g/mol. The lowest BCUT2D eigenvalue weighted by atomic mass is 10.2. The number of rotatable bonds is 8. The Hall–Kier alpha value is -1.34. The molecule has 1 N–H and O–H groups in total. The third kappa shape index (κ3) is 4.57. The molecule has 0 spiro atoms. The van der Waals surface area contributed by atoms with E-state index in [4.69, 9.17) is 0 Å². The highest BCUT2D eigenvalue weighted by molar-refractivity contribution is 7.97. The molecule has 0 aliphatic rings. The van der Waals surface area contributed by atoms with Crippen LogP contribution in [-0.4, -0.2) is 33.5 Å². The van der Waals surface area contributed by atoms with E-state index in [2.05, 4.69) is 27.0 Å². The van der Waals surface area contributed by atoms with Gasteiger partial charge in [-0.1, -0.05) is 6.92 Å². The van der Waals surface area contributed by atoms with Crippen LogP contribution in [0.25, 0.3) is 0 Å². The first kappa shape index (κ1) is 16.0. The number of hydrogen-bond donors (Lipinski definition) is 1. The lowest BCUT2D eigenvalue weighted by Crippen LogP contribution is -2.33. The summed E-state index contributed by atoms with van der Waals surface area (Å²) < 4.78 is 1.70. The maximum Gasteiger partial charge on any atom is 0.244 e. The van der Waals surface area contributed by atoms with E-state index < -0.39 is 0 Å². The normalized spacial score (nSPS) is 12.3.